The van der Waals surface area contributed by atoms with Gasteiger partial charge in [0.25, 0.3) is 5.91 Å². The van der Waals surface area contributed by atoms with Crippen molar-refractivity contribution in [2.24, 2.45) is 29.0 Å². The van der Waals surface area contributed by atoms with Gasteiger partial charge in [0.1, 0.15) is 36.3 Å². The maximum Gasteiger partial charge on any atom is 0.251 e. The topological polar surface area (TPSA) is 360 Å². The number of aromatic amines is 2. The van der Waals surface area contributed by atoms with E-state index in [4.69, 9.17) is 17.2 Å². The number of anilines is 1. The maximum atomic E-state index is 14.1. The van der Waals surface area contributed by atoms with Gasteiger partial charge in [-0.1, -0.05) is 76.2 Å². The number of H-pyrrole nitrogens is 2. The molecule has 2 heterocycles. The summed E-state index contributed by atoms with van der Waals surface area (Å²) in [4.78, 5) is 130. The fourth-order valence-corrected chi connectivity index (χ4v) is 8.16. The molecule has 0 aliphatic carbocycles. The van der Waals surface area contributed by atoms with Gasteiger partial charge in [-0.15, -0.1) is 0 Å². The number of amides is 9. The Balaban J connectivity index is 1.26. The van der Waals surface area contributed by atoms with Gasteiger partial charge in [0.2, 0.25) is 47.3 Å². The van der Waals surface area contributed by atoms with Crippen molar-refractivity contribution in [3.63, 3.8) is 0 Å². The number of imidazole rings is 1. The van der Waals surface area contributed by atoms with Gasteiger partial charge in [0, 0.05) is 59.5 Å². The van der Waals surface area contributed by atoms with Gasteiger partial charge in [0.15, 0.2) is 0 Å². The normalized spacial score (nSPS) is 14.0. The molecule has 0 aliphatic heterocycles. The van der Waals surface area contributed by atoms with E-state index in [1.807, 2.05) is 58.0 Å². The van der Waals surface area contributed by atoms with Crippen molar-refractivity contribution in [2.45, 2.75) is 122 Å². The highest BCUT2D eigenvalue weighted by molar-refractivity contribution is 6.01. The minimum absolute atomic E-state index is 0.0226. The molecule has 7 atom stereocenters. The third-order valence-electron chi connectivity index (χ3n) is 12.2. The molecular weight excluding hydrogens is 963 g/mol. The van der Waals surface area contributed by atoms with Crippen LogP contribution in [-0.4, -0.2) is 110 Å². The van der Waals surface area contributed by atoms with Crippen molar-refractivity contribution in [3.8, 4) is 0 Å². The lowest BCUT2D eigenvalue weighted by Gasteiger charge is -2.26. The number of nitrogens with zero attached hydrogens (tertiary/aromatic N) is 1. The van der Waals surface area contributed by atoms with Gasteiger partial charge in [-0.25, -0.2) is 4.98 Å². The average Bonchev–Trinajstić information content (AvgIpc) is 4.04. The first-order valence-electron chi connectivity index (χ1n) is 24.8. The third-order valence-corrected chi connectivity index (χ3v) is 12.2. The first-order valence-corrected chi connectivity index (χ1v) is 24.8. The molecule has 0 radical (unpaired) electrons. The number of rotatable bonds is 28. The lowest BCUT2D eigenvalue weighted by atomic mass is 9.99. The summed E-state index contributed by atoms with van der Waals surface area (Å²) in [5.74, 6) is -6.19. The van der Waals surface area contributed by atoms with Crippen LogP contribution in [0.4, 0.5) is 5.69 Å². The van der Waals surface area contributed by atoms with E-state index in [1.165, 1.54) is 43.7 Å². The number of hydrogen-bond donors (Lipinski definition) is 12. The molecule has 5 rings (SSSR count). The van der Waals surface area contributed by atoms with Crippen LogP contribution in [0.25, 0.3) is 10.9 Å². The minimum atomic E-state index is -1.31. The molecule has 9 amide bonds. The average molecular weight is 1030 g/mol. The predicted molar refractivity (Wildman–Crippen MR) is 281 cm³/mol. The molecule has 0 spiro atoms. The van der Waals surface area contributed by atoms with Crippen LogP contribution in [0.1, 0.15) is 87.5 Å². The Morgan fingerprint density at radius 3 is 1.79 bits per heavy atom. The van der Waals surface area contributed by atoms with Crippen molar-refractivity contribution in [3.05, 3.63) is 120 Å². The molecule has 400 valence electrons. The van der Waals surface area contributed by atoms with Crippen molar-refractivity contribution in [2.75, 3.05) is 5.32 Å². The van der Waals surface area contributed by atoms with Crippen LogP contribution < -0.4 is 54.4 Å². The second-order valence-corrected chi connectivity index (χ2v) is 19.4. The fraction of sp³-hybridized carbons (Fsp3) is 0.396. The molecule has 22 nitrogen and oxygen atoms in total. The number of fused-ring (bicyclic) bond motifs is 1. The number of hydrogen-bond acceptors (Lipinski definition) is 11. The maximum absolute atomic E-state index is 14.1. The van der Waals surface area contributed by atoms with E-state index in [1.54, 1.807) is 30.5 Å². The zero-order valence-corrected chi connectivity index (χ0v) is 42.7. The van der Waals surface area contributed by atoms with Gasteiger partial charge in [-0.3, -0.25) is 43.2 Å². The number of benzene rings is 3. The molecule has 0 aliphatic rings. The van der Waals surface area contributed by atoms with E-state index >= 15 is 0 Å². The summed E-state index contributed by atoms with van der Waals surface area (Å²) in [5.41, 5.74) is 20.3. The van der Waals surface area contributed by atoms with Crippen LogP contribution in [0, 0.1) is 11.8 Å². The van der Waals surface area contributed by atoms with Gasteiger partial charge in [-0.2, -0.15) is 0 Å². The van der Waals surface area contributed by atoms with Gasteiger partial charge in [0.05, 0.1) is 12.4 Å². The molecule has 0 saturated heterocycles. The number of aromatic nitrogens is 3. The SMILES string of the molecule is CC(C)C[C@H](NC(=O)[C@H](CC(C)C)NC(=O)[C@H](Cc1cnc[nH]1)NC(=O)c1ccc(NC(=O)[C@H](C)NC(=O)[C@H](Cc2c[nH]c3ccccc23)NC(=O)[C@H](CCC(N)=O)NC(=O)[C@H](N)Cc2ccccc2)cc1)C(N)=O. The number of nitrogens with two attached hydrogens (primary N) is 3. The Morgan fingerprint density at radius 2 is 1.15 bits per heavy atom. The molecule has 0 saturated carbocycles. The highest BCUT2D eigenvalue weighted by atomic mass is 16.2. The molecule has 2 aromatic heterocycles. The van der Waals surface area contributed by atoms with Crippen LogP contribution in [0.2, 0.25) is 0 Å². The largest absolute Gasteiger partial charge is 0.370 e. The lowest BCUT2D eigenvalue weighted by Crippen LogP contribution is -2.57. The first kappa shape index (κ1) is 57.5. The van der Waals surface area contributed by atoms with E-state index in [-0.39, 0.29) is 61.6 Å². The van der Waals surface area contributed by atoms with Crippen molar-refractivity contribution in [1.29, 1.82) is 0 Å². The van der Waals surface area contributed by atoms with E-state index in [0.29, 0.717) is 17.7 Å². The number of carbonyl (C=O) groups is 9. The highest BCUT2D eigenvalue weighted by Gasteiger charge is 2.33. The predicted octanol–water partition coefficient (Wildman–Crippen LogP) is 1.27. The second kappa shape index (κ2) is 27.6. The van der Waals surface area contributed by atoms with E-state index in [9.17, 15) is 43.2 Å². The molecule has 0 unspecified atom stereocenters. The third kappa shape index (κ3) is 17.9. The summed E-state index contributed by atoms with van der Waals surface area (Å²) in [6.45, 7) is 8.94. The first-order chi connectivity index (χ1) is 35.7. The molecule has 3 aromatic carbocycles. The summed E-state index contributed by atoms with van der Waals surface area (Å²) in [6, 6.07) is 14.1. The summed E-state index contributed by atoms with van der Waals surface area (Å²) in [5, 5.41) is 19.6. The number of para-hydroxylation sites is 1. The highest BCUT2D eigenvalue weighted by Crippen LogP contribution is 2.20. The van der Waals surface area contributed by atoms with Crippen LogP contribution >= 0.6 is 0 Å². The van der Waals surface area contributed by atoms with Gasteiger partial charge >= 0.3 is 0 Å². The standard InChI is InChI=1S/C53H69N13O9/c1-29(2)21-41(46(56)68)63-52(74)42(22-30(3)4)65-53(75)44(25-36-27-57-28-59-36)64-48(70)33-15-17-35(18-16-33)61-47(69)31(5)60-51(73)43(24-34-26-58-39-14-10-9-13-37(34)39)66-50(72)40(19-20-45(55)67)62-49(71)38(54)23-32-11-7-6-8-12-32/h6-18,26-31,38,40-44,58H,19-25,54H2,1-5H3,(H2,55,67)(H2,56,68)(H,57,59)(H,60,73)(H,61,69)(H,62,71)(H,63,74)(H,64,70)(H,65,75)(H,66,72)/t31-,38+,40-,41-,42-,43-,44-/m0/s1. The van der Waals surface area contributed by atoms with Crippen LogP contribution in [0.3, 0.4) is 0 Å². The molecular formula is C53H69N13O9. The van der Waals surface area contributed by atoms with Gasteiger partial charge < -0.3 is 64.4 Å². The minimum Gasteiger partial charge on any atom is -0.370 e. The van der Waals surface area contributed by atoms with Crippen LogP contribution in [0.5, 0.6) is 0 Å². The Bertz CT molecular complexity index is 2760. The van der Waals surface area contributed by atoms with Crippen LogP contribution in [-0.2, 0) is 57.6 Å². The summed E-state index contributed by atoms with van der Waals surface area (Å²) >= 11 is 0. The summed E-state index contributed by atoms with van der Waals surface area (Å²) in [6.07, 6.45) is 4.78. The van der Waals surface area contributed by atoms with E-state index in [0.717, 1.165) is 16.5 Å². The summed E-state index contributed by atoms with van der Waals surface area (Å²) < 4.78 is 0. The molecule has 22 heteroatoms. The Labute approximate surface area is 434 Å². The second-order valence-electron chi connectivity index (χ2n) is 19.4. The van der Waals surface area contributed by atoms with Crippen molar-refractivity contribution in [1.82, 2.24) is 46.9 Å². The molecule has 0 bridgehead atoms. The zero-order chi connectivity index (χ0) is 54.8. The summed E-state index contributed by atoms with van der Waals surface area (Å²) in [7, 11) is 0. The Hall–Kier alpha value is -8.40. The smallest absolute Gasteiger partial charge is 0.251 e. The van der Waals surface area contributed by atoms with Gasteiger partial charge in [-0.05, 0) is 85.9 Å². The molecule has 5 aromatic rings. The van der Waals surface area contributed by atoms with Crippen molar-refractivity contribution >= 4 is 69.8 Å². The Kier molecular flexibility index (Phi) is 21.2. The molecule has 0 fully saturated rings. The fourth-order valence-electron chi connectivity index (χ4n) is 8.16. The zero-order valence-electron chi connectivity index (χ0n) is 42.7. The van der Waals surface area contributed by atoms with Crippen molar-refractivity contribution < 1.29 is 43.2 Å². The number of nitrogens with one attached hydrogen (secondary N) is 9. The van der Waals surface area contributed by atoms with Crippen LogP contribution in [0.15, 0.2) is 97.6 Å². The van der Waals surface area contributed by atoms with E-state index < -0.39 is 95.5 Å². The molecule has 75 heavy (non-hydrogen) atoms. The monoisotopic (exact) mass is 1030 g/mol. The quantitative estimate of drug-likeness (QED) is 0.0339. The van der Waals surface area contributed by atoms with E-state index in [2.05, 4.69) is 52.2 Å². The molecule has 15 N–H and O–H groups in total. The lowest BCUT2D eigenvalue weighted by molar-refractivity contribution is -0.133. The Morgan fingerprint density at radius 1 is 0.573 bits per heavy atom. The number of primary amides is 2. The number of carbonyl (C=O) groups excluding carboxylic acids is 9.